The van der Waals surface area contributed by atoms with Gasteiger partial charge in [0.15, 0.2) is 0 Å². The van der Waals surface area contributed by atoms with Crippen LogP contribution >= 0.6 is 15.9 Å². The molecule has 1 N–H and O–H groups in total. The molecule has 0 saturated carbocycles. The van der Waals surface area contributed by atoms with E-state index >= 15 is 0 Å². The average Bonchev–Trinajstić information content (AvgIpc) is 2.48. The van der Waals surface area contributed by atoms with E-state index in [-0.39, 0.29) is 6.04 Å². The number of aromatic nitrogens is 1. The minimum atomic E-state index is 0.111. The molecule has 0 aliphatic carbocycles. The predicted octanol–water partition coefficient (Wildman–Crippen LogP) is 4.25. The number of ether oxygens (including phenoxy) is 1. The predicted molar refractivity (Wildman–Crippen MR) is 89.8 cm³/mol. The minimum absolute atomic E-state index is 0.111. The van der Waals surface area contributed by atoms with Crippen LogP contribution in [0.15, 0.2) is 41.1 Å². The number of nitrogens with zero attached hydrogens (tertiary/aromatic N) is 1. The highest BCUT2D eigenvalue weighted by Gasteiger charge is 2.15. The highest BCUT2D eigenvalue weighted by atomic mass is 79.9. The van der Waals surface area contributed by atoms with Gasteiger partial charge in [-0.1, -0.05) is 35.0 Å². The SMILES string of the molecule is CCNC(c1cncc(OCC)c1)c1ccc(C)c(Br)c1. The van der Waals surface area contributed by atoms with Crippen molar-refractivity contribution in [2.75, 3.05) is 13.2 Å². The van der Waals surface area contributed by atoms with Gasteiger partial charge < -0.3 is 10.1 Å². The van der Waals surface area contributed by atoms with E-state index in [1.165, 1.54) is 11.1 Å². The van der Waals surface area contributed by atoms with Crippen LogP contribution in [0.2, 0.25) is 0 Å². The van der Waals surface area contributed by atoms with Gasteiger partial charge in [-0.05, 0) is 49.2 Å². The Morgan fingerprint density at radius 1 is 1.19 bits per heavy atom. The Labute approximate surface area is 134 Å². The van der Waals surface area contributed by atoms with Gasteiger partial charge in [-0.3, -0.25) is 4.98 Å². The van der Waals surface area contributed by atoms with E-state index in [4.69, 9.17) is 4.74 Å². The van der Waals surface area contributed by atoms with Crippen molar-refractivity contribution in [3.63, 3.8) is 0 Å². The van der Waals surface area contributed by atoms with Gasteiger partial charge in [0.25, 0.3) is 0 Å². The Bertz CT molecular complexity index is 601. The summed E-state index contributed by atoms with van der Waals surface area (Å²) in [5, 5.41) is 3.51. The van der Waals surface area contributed by atoms with E-state index in [2.05, 4.69) is 64.3 Å². The highest BCUT2D eigenvalue weighted by Crippen LogP contribution is 2.27. The first kappa shape index (κ1) is 16.0. The van der Waals surface area contributed by atoms with Crippen LogP contribution in [0, 0.1) is 6.92 Å². The number of aryl methyl sites for hydroxylation is 1. The zero-order valence-electron chi connectivity index (χ0n) is 12.7. The maximum Gasteiger partial charge on any atom is 0.137 e. The molecule has 112 valence electrons. The smallest absolute Gasteiger partial charge is 0.137 e. The lowest BCUT2D eigenvalue weighted by Gasteiger charge is -2.20. The van der Waals surface area contributed by atoms with Crippen molar-refractivity contribution in [3.8, 4) is 5.75 Å². The normalized spacial score (nSPS) is 12.2. The molecule has 1 unspecified atom stereocenters. The molecule has 2 rings (SSSR count). The van der Waals surface area contributed by atoms with E-state index in [0.717, 1.165) is 22.3 Å². The molecule has 1 heterocycles. The number of halogens is 1. The molecular formula is C17H21BrN2O. The molecule has 0 aliphatic rings. The topological polar surface area (TPSA) is 34.2 Å². The maximum atomic E-state index is 5.55. The van der Waals surface area contributed by atoms with Gasteiger partial charge in [0, 0.05) is 10.7 Å². The Morgan fingerprint density at radius 2 is 2.00 bits per heavy atom. The second-order valence-electron chi connectivity index (χ2n) is 4.89. The van der Waals surface area contributed by atoms with Crippen molar-refractivity contribution in [1.82, 2.24) is 10.3 Å². The maximum absolute atomic E-state index is 5.55. The summed E-state index contributed by atoms with van der Waals surface area (Å²) in [6, 6.07) is 8.61. The molecule has 0 radical (unpaired) electrons. The average molecular weight is 349 g/mol. The van der Waals surface area contributed by atoms with Crippen LogP contribution < -0.4 is 10.1 Å². The minimum Gasteiger partial charge on any atom is -0.492 e. The summed E-state index contributed by atoms with van der Waals surface area (Å²) >= 11 is 3.61. The van der Waals surface area contributed by atoms with Crippen molar-refractivity contribution in [3.05, 3.63) is 57.8 Å². The lowest BCUT2D eigenvalue weighted by molar-refractivity contribution is 0.338. The first-order valence-electron chi connectivity index (χ1n) is 7.22. The third kappa shape index (κ3) is 4.05. The van der Waals surface area contributed by atoms with Crippen LogP contribution in [-0.2, 0) is 0 Å². The second kappa shape index (κ2) is 7.57. The molecule has 4 heteroatoms. The summed E-state index contributed by atoms with van der Waals surface area (Å²) < 4.78 is 6.68. The zero-order valence-corrected chi connectivity index (χ0v) is 14.3. The quantitative estimate of drug-likeness (QED) is 0.847. The fourth-order valence-electron chi connectivity index (χ4n) is 2.26. The van der Waals surface area contributed by atoms with Gasteiger partial charge in [-0.15, -0.1) is 0 Å². The van der Waals surface area contributed by atoms with Gasteiger partial charge in [0.1, 0.15) is 5.75 Å². The highest BCUT2D eigenvalue weighted by molar-refractivity contribution is 9.10. The van der Waals surface area contributed by atoms with E-state index in [0.29, 0.717) is 6.61 Å². The Hall–Kier alpha value is -1.39. The Balaban J connectivity index is 2.37. The van der Waals surface area contributed by atoms with Crippen molar-refractivity contribution in [2.45, 2.75) is 26.8 Å². The fourth-order valence-corrected chi connectivity index (χ4v) is 2.66. The van der Waals surface area contributed by atoms with Gasteiger partial charge in [-0.25, -0.2) is 0 Å². The van der Waals surface area contributed by atoms with Gasteiger partial charge in [-0.2, -0.15) is 0 Å². The number of hydrogen-bond acceptors (Lipinski definition) is 3. The summed E-state index contributed by atoms with van der Waals surface area (Å²) in [5.74, 6) is 0.809. The van der Waals surface area contributed by atoms with Gasteiger partial charge in [0.05, 0.1) is 18.8 Å². The van der Waals surface area contributed by atoms with Crippen molar-refractivity contribution in [2.24, 2.45) is 0 Å². The summed E-state index contributed by atoms with van der Waals surface area (Å²) in [7, 11) is 0. The number of benzene rings is 1. The molecule has 0 fully saturated rings. The van der Waals surface area contributed by atoms with E-state index < -0.39 is 0 Å². The van der Waals surface area contributed by atoms with Crippen molar-refractivity contribution >= 4 is 15.9 Å². The van der Waals surface area contributed by atoms with E-state index in [1.807, 2.05) is 13.1 Å². The molecule has 0 amide bonds. The number of hydrogen-bond donors (Lipinski definition) is 1. The Kier molecular flexibility index (Phi) is 5.76. The monoisotopic (exact) mass is 348 g/mol. The van der Waals surface area contributed by atoms with Gasteiger partial charge >= 0.3 is 0 Å². The fraction of sp³-hybridized carbons (Fsp3) is 0.353. The Morgan fingerprint density at radius 3 is 2.67 bits per heavy atom. The summed E-state index contributed by atoms with van der Waals surface area (Å²) in [6.45, 7) is 7.71. The molecule has 1 aromatic heterocycles. The third-order valence-electron chi connectivity index (χ3n) is 3.32. The summed E-state index contributed by atoms with van der Waals surface area (Å²) in [4.78, 5) is 4.30. The lowest BCUT2D eigenvalue weighted by atomic mass is 9.99. The molecule has 3 nitrogen and oxygen atoms in total. The van der Waals surface area contributed by atoms with Crippen molar-refractivity contribution < 1.29 is 4.74 Å². The van der Waals surface area contributed by atoms with Crippen LogP contribution in [0.25, 0.3) is 0 Å². The number of rotatable bonds is 6. The molecule has 1 atom stereocenters. The van der Waals surface area contributed by atoms with Crippen molar-refractivity contribution in [1.29, 1.82) is 0 Å². The molecule has 21 heavy (non-hydrogen) atoms. The van der Waals surface area contributed by atoms with Crippen LogP contribution in [0.1, 0.15) is 36.6 Å². The molecule has 0 aliphatic heterocycles. The first-order chi connectivity index (χ1) is 10.2. The van der Waals surface area contributed by atoms with Crippen LogP contribution in [-0.4, -0.2) is 18.1 Å². The summed E-state index contributed by atoms with van der Waals surface area (Å²) in [5.41, 5.74) is 3.55. The van der Waals surface area contributed by atoms with Crippen LogP contribution in [0.3, 0.4) is 0 Å². The molecule has 2 aromatic rings. The zero-order chi connectivity index (χ0) is 15.2. The largest absolute Gasteiger partial charge is 0.492 e. The number of pyridine rings is 1. The first-order valence-corrected chi connectivity index (χ1v) is 8.02. The van der Waals surface area contributed by atoms with Crippen LogP contribution in [0.4, 0.5) is 0 Å². The van der Waals surface area contributed by atoms with E-state index in [9.17, 15) is 0 Å². The second-order valence-corrected chi connectivity index (χ2v) is 5.74. The molecule has 0 bridgehead atoms. The molecule has 1 aromatic carbocycles. The summed E-state index contributed by atoms with van der Waals surface area (Å²) in [6.07, 6.45) is 3.64. The standard InChI is InChI=1S/C17H21BrN2O/c1-4-20-17(13-7-6-12(3)16(18)9-13)14-8-15(21-5-2)11-19-10-14/h6-11,17,20H,4-5H2,1-3H3. The van der Waals surface area contributed by atoms with Gasteiger partial charge in [0.2, 0.25) is 0 Å². The molecule has 0 saturated heterocycles. The van der Waals surface area contributed by atoms with E-state index in [1.54, 1.807) is 6.20 Å². The lowest BCUT2D eigenvalue weighted by Crippen LogP contribution is -2.22. The molecule has 0 spiro atoms. The van der Waals surface area contributed by atoms with Crippen LogP contribution in [0.5, 0.6) is 5.75 Å². The third-order valence-corrected chi connectivity index (χ3v) is 4.17. The number of nitrogens with one attached hydrogen (secondary N) is 1. The molecular weight excluding hydrogens is 328 g/mol.